The van der Waals surface area contributed by atoms with Crippen molar-refractivity contribution in [2.75, 3.05) is 10.6 Å². The predicted molar refractivity (Wildman–Crippen MR) is 88.9 cm³/mol. The maximum atomic E-state index is 12.9. The molecule has 0 aliphatic heterocycles. The number of hydrogen-bond donors (Lipinski definition) is 2. The van der Waals surface area contributed by atoms with E-state index in [4.69, 9.17) is 0 Å². The van der Waals surface area contributed by atoms with Gasteiger partial charge in [0, 0.05) is 22.4 Å². The second kappa shape index (κ2) is 6.60. The van der Waals surface area contributed by atoms with Gasteiger partial charge in [-0.3, -0.25) is 9.59 Å². The van der Waals surface area contributed by atoms with Crippen molar-refractivity contribution in [3.63, 3.8) is 0 Å². The summed E-state index contributed by atoms with van der Waals surface area (Å²) in [7, 11) is 0. The van der Waals surface area contributed by atoms with Crippen molar-refractivity contribution in [2.24, 2.45) is 5.41 Å². The molecule has 0 atom stereocenters. The summed E-state index contributed by atoms with van der Waals surface area (Å²) in [6.45, 7) is 5.47. The van der Waals surface area contributed by atoms with Gasteiger partial charge in [-0.15, -0.1) is 0 Å². The van der Waals surface area contributed by atoms with Gasteiger partial charge in [-0.05, 0) is 42.5 Å². The number of hydrogen-bond acceptors (Lipinski definition) is 2. The summed E-state index contributed by atoms with van der Waals surface area (Å²) in [4.78, 5) is 24.1. The van der Waals surface area contributed by atoms with Crippen LogP contribution >= 0.6 is 0 Å². The fourth-order valence-electron chi connectivity index (χ4n) is 1.80. The van der Waals surface area contributed by atoms with Gasteiger partial charge >= 0.3 is 0 Å². The standard InChI is InChI=1S/C18H19FN2O2/c1-18(2,3)17(23)21-15-6-4-5-14(11-15)20-16(22)12-7-9-13(19)10-8-12/h4-11H,1-3H3,(H,20,22)(H,21,23). The molecule has 0 fully saturated rings. The molecule has 2 aromatic rings. The van der Waals surface area contributed by atoms with Crippen LogP contribution in [0.15, 0.2) is 48.5 Å². The fourth-order valence-corrected chi connectivity index (χ4v) is 1.80. The number of carbonyl (C=O) groups is 2. The Morgan fingerprint density at radius 2 is 1.48 bits per heavy atom. The van der Waals surface area contributed by atoms with Crippen molar-refractivity contribution < 1.29 is 14.0 Å². The topological polar surface area (TPSA) is 58.2 Å². The Balaban J connectivity index is 2.09. The van der Waals surface area contributed by atoms with Crippen LogP contribution in [0.1, 0.15) is 31.1 Å². The van der Waals surface area contributed by atoms with Crippen LogP contribution < -0.4 is 10.6 Å². The third kappa shape index (κ3) is 4.64. The molecule has 23 heavy (non-hydrogen) atoms. The number of halogens is 1. The quantitative estimate of drug-likeness (QED) is 0.897. The van der Waals surface area contributed by atoms with E-state index in [1.54, 1.807) is 24.3 Å². The molecule has 0 aromatic heterocycles. The highest BCUT2D eigenvalue weighted by atomic mass is 19.1. The van der Waals surface area contributed by atoms with E-state index in [-0.39, 0.29) is 11.8 Å². The van der Waals surface area contributed by atoms with Crippen molar-refractivity contribution in [3.05, 3.63) is 59.9 Å². The van der Waals surface area contributed by atoms with Gasteiger partial charge in [-0.1, -0.05) is 26.8 Å². The molecule has 4 nitrogen and oxygen atoms in total. The van der Waals surface area contributed by atoms with Crippen LogP contribution in [-0.4, -0.2) is 11.8 Å². The summed E-state index contributed by atoms with van der Waals surface area (Å²) in [5.74, 6) is -0.850. The number of nitrogens with one attached hydrogen (secondary N) is 2. The summed E-state index contributed by atoms with van der Waals surface area (Å²) in [5.41, 5.74) is 0.997. The van der Waals surface area contributed by atoms with Crippen LogP contribution in [0.5, 0.6) is 0 Å². The van der Waals surface area contributed by atoms with E-state index in [0.29, 0.717) is 16.9 Å². The summed E-state index contributed by atoms with van der Waals surface area (Å²) in [5, 5.41) is 5.52. The summed E-state index contributed by atoms with van der Waals surface area (Å²) >= 11 is 0. The Labute approximate surface area is 134 Å². The summed E-state index contributed by atoms with van der Waals surface area (Å²) in [6, 6.07) is 12.2. The average molecular weight is 314 g/mol. The molecule has 2 rings (SSSR count). The Kier molecular flexibility index (Phi) is 4.79. The van der Waals surface area contributed by atoms with Crippen molar-refractivity contribution in [1.29, 1.82) is 0 Å². The van der Waals surface area contributed by atoms with Crippen molar-refractivity contribution in [3.8, 4) is 0 Å². The van der Waals surface area contributed by atoms with Gasteiger partial charge in [0.05, 0.1) is 0 Å². The van der Waals surface area contributed by atoms with E-state index >= 15 is 0 Å². The molecular weight excluding hydrogens is 295 g/mol. The minimum absolute atomic E-state index is 0.112. The van der Waals surface area contributed by atoms with E-state index in [1.807, 2.05) is 20.8 Å². The molecule has 0 heterocycles. The molecule has 0 spiro atoms. The third-order valence-corrected chi connectivity index (χ3v) is 3.17. The molecule has 5 heteroatoms. The molecule has 0 aliphatic carbocycles. The van der Waals surface area contributed by atoms with Gasteiger partial charge in [0.1, 0.15) is 5.82 Å². The first-order chi connectivity index (χ1) is 10.8. The lowest BCUT2D eigenvalue weighted by molar-refractivity contribution is -0.123. The van der Waals surface area contributed by atoms with E-state index in [0.717, 1.165) is 0 Å². The molecule has 2 N–H and O–H groups in total. The number of anilines is 2. The lowest BCUT2D eigenvalue weighted by atomic mass is 9.95. The SMILES string of the molecule is CC(C)(C)C(=O)Nc1cccc(NC(=O)c2ccc(F)cc2)c1. The van der Waals surface area contributed by atoms with Crippen LogP contribution in [0, 0.1) is 11.2 Å². The lowest BCUT2D eigenvalue weighted by Gasteiger charge is -2.18. The Bertz CT molecular complexity index is 719. The molecule has 2 aromatic carbocycles. The minimum atomic E-state index is -0.507. The zero-order chi connectivity index (χ0) is 17.0. The first-order valence-corrected chi connectivity index (χ1v) is 7.24. The lowest BCUT2D eigenvalue weighted by Crippen LogP contribution is -2.27. The van der Waals surface area contributed by atoms with Crippen LogP contribution in [-0.2, 0) is 4.79 Å². The molecule has 0 aliphatic rings. The van der Waals surface area contributed by atoms with Crippen molar-refractivity contribution in [2.45, 2.75) is 20.8 Å². The van der Waals surface area contributed by atoms with Gasteiger partial charge in [-0.25, -0.2) is 4.39 Å². The number of rotatable bonds is 3. The van der Waals surface area contributed by atoms with Gasteiger partial charge < -0.3 is 10.6 Å². The molecular formula is C18H19FN2O2. The highest BCUT2D eigenvalue weighted by molar-refractivity contribution is 6.04. The van der Waals surface area contributed by atoms with Gasteiger partial charge in [-0.2, -0.15) is 0 Å². The fraction of sp³-hybridized carbons (Fsp3) is 0.222. The monoisotopic (exact) mass is 314 g/mol. The number of benzene rings is 2. The highest BCUT2D eigenvalue weighted by Crippen LogP contribution is 2.20. The number of carbonyl (C=O) groups excluding carboxylic acids is 2. The Hall–Kier alpha value is -2.69. The zero-order valence-electron chi connectivity index (χ0n) is 13.3. The largest absolute Gasteiger partial charge is 0.326 e. The average Bonchev–Trinajstić information content (AvgIpc) is 2.47. The first kappa shape index (κ1) is 16.7. The van der Waals surface area contributed by atoms with E-state index in [2.05, 4.69) is 10.6 Å². The number of amides is 2. The van der Waals surface area contributed by atoms with Crippen LogP contribution in [0.4, 0.5) is 15.8 Å². The smallest absolute Gasteiger partial charge is 0.255 e. The summed E-state index contributed by atoms with van der Waals surface area (Å²) < 4.78 is 12.9. The maximum absolute atomic E-state index is 12.9. The second-order valence-electron chi connectivity index (χ2n) is 6.25. The minimum Gasteiger partial charge on any atom is -0.326 e. The van der Waals surface area contributed by atoms with Crippen molar-refractivity contribution in [1.82, 2.24) is 0 Å². The first-order valence-electron chi connectivity index (χ1n) is 7.24. The second-order valence-corrected chi connectivity index (χ2v) is 6.25. The van der Waals surface area contributed by atoms with Crippen molar-refractivity contribution >= 4 is 23.2 Å². The van der Waals surface area contributed by atoms with Crippen LogP contribution in [0.25, 0.3) is 0 Å². The Morgan fingerprint density at radius 1 is 0.913 bits per heavy atom. The predicted octanol–water partition coefficient (Wildman–Crippen LogP) is 4.06. The molecule has 120 valence electrons. The van der Waals surface area contributed by atoms with E-state index in [9.17, 15) is 14.0 Å². The molecule has 0 radical (unpaired) electrons. The third-order valence-electron chi connectivity index (χ3n) is 3.17. The molecule has 0 unspecified atom stereocenters. The highest BCUT2D eigenvalue weighted by Gasteiger charge is 2.21. The Morgan fingerprint density at radius 3 is 2.04 bits per heavy atom. The molecule has 2 amide bonds. The van der Waals surface area contributed by atoms with E-state index in [1.165, 1.54) is 24.3 Å². The van der Waals surface area contributed by atoms with Gasteiger partial charge in [0.2, 0.25) is 5.91 Å². The zero-order valence-corrected chi connectivity index (χ0v) is 13.3. The normalized spacial score (nSPS) is 11.0. The molecule has 0 saturated heterocycles. The van der Waals surface area contributed by atoms with E-state index < -0.39 is 11.2 Å². The van der Waals surface area contributed by atoms with Crippen LogP contribution in [0.2, 0.25) is 0 Å². The molecule has 0 bridgehead atoms. The van der Waals surface area contributed by atoms with Gasteiger partial charge in [0.15, 0.2) is 0 Å². The summed E-state index contributed by atoms with van der Waals surface area (Å²) in [6.07, 6.45) is 0. The molecule has 0 saturated carbocycles. The van der Waals surface area contributed by atoms with Gasteiger partial charge in [0.25, 0.3) is 5.91 Å². The maximum Gasteiger partial charge on any atom is 0.255 e. The van der Waals surface area contributed by atoms with Crippen LogP contribution in [0.3, 0.4) is 0 Å².